The zero-order valence-electron chi connectivity index (χ0n) is 11.6. The highest BCUT2D eigenvalue weighted by molar-refractivity contribution is 9.10. The van der Waals surface area contributed by atoms with E-state index in [4.69, 9.17) is 15.6 Å². The Bertz CT molecular complexity index is 641. The monoisotopic (exact) mass is 367 g/mol. The minimum Gasteiger partial charge on any atom is -0.485 e. The maximum atomic E-state index is 14.2. The van der Waals surface area contributed by atoms with Gasteiger partial charge in [0, 0.05) is 6.54 Å². The van der Waals surface area contributed by atoms with Gasteiger partial charge in [0.1, 0.15) is 6.61 Å². The first kappa shape index (κ1) is 16.5. The summed E-state index contributed by atoms with van der Waals surface area (Å²) in [6.45, 7) is 0.111. The molecule has 0 spiro atoms. The molecule has 0 amide bonds. The van der Waals surface area contributed by atoms with Gasteiger partial charge in [0.15, 0.2) is 11.6 Å². The van der Waals surface area contributed by atoms with Crippen LogP contribution in [0.1, 0.15) is 17.0 Å². The van der Waals surface area contributed by atoms with E-state index in [0.717, 1.165) is 11.6 Å². The zero-order valence-corrected chi connectivity index (χ0v) is 13.2. The Morgan fingerprint density at radius 1 is 1.32 bits per heavy atom. The Labute approximate surface area is 135 Å². The summed E-state index contributed by atoms with van der Waals surface area (Å²) >= 11 is 3.22. The number of aliphatic carboxylic acids is 1. The normalized spacial score (nSPS) is 12.0. The van der Waals surface area contributed by atoms with Crippen LogP contribution in [0.25, 0.3) is 0 Å². The Hall–Kier alpha value is -1.92. The third-order valence-corrected chi connectivity index (χ3v) is 3.77. The first-order chi connectivity index (χ1) is 10.5. The summed E-state index contributed by atoms with van der Waals surface area (Å²) in [6.07, 6.45) is 0. The van der Waals surface area contributed by atoms with Gasteiger partial charge in [-0.3, -0.25) is 4.79 Å². The van der Waals surface area contributed by atoms with Crippen LogP contribution in [0.2, 0.25) is 0 Å². The van der Waals surface area contributed by atoms with Crippen LogP contribution >= 0.6 is 15.9 Å². The van der Waals surface area contributed by atoms with E-state index in [1.165, 1.54) is 6.07 Å². The van der Waals surface area contributed by atoms with E-state index in [1.807, 2.05) is 30.3 Å². The highest BCUT2D eigenvalue weighted by Gasteiger charge is 2.21. The van der Waals surface area contributed by atoms with Gasteiger partial charge in [0.25, 0.3) is 0 Å². The molecule has 22 heavy (non-hydrogen) atoms. The predicted molar refractivity (Wildman–Crippen MR) is 84.3 cm³/mol. The summed E-state index contributed by atoms with van der Waals surface area (Å²) < 4.78 is 20.0. The maximum absolute atomic E-state index is 14.2. The summed E-state index contributed by atoms with van der Waals surface area (Å²) in [5.74, 6) is -2.62. The number of carboxylic acid groups (broad SMARTS) is 1. The molecule has 2 aromatic carbocycles. The summed E-state index contributed by atoms with van der Waals surface area (Å²) in [5, 5.41) is 9.08. The van der Waals surface area contributed by atoms with E-state index in [9.17, 15) is 9.18 Å². The molecule has 0 bridgehead atoms. The van der Waals surface area contributed by atoms with Gasteiger partial charge < -0.3 is 15.6 Å². The molecule has 0 aliphatic carbocycles. The average molecular weight is 368 g/mol. The number of carbonyl (C=O) groups is 1. The van der Waals surface area contributed by atoms with E-state index in [1.54, 1.807) is 0 Å². The third kappa shape index (κ3) is 3.84. The topological polar surface area (TPSA) is 72.6 Å². The minimum absolute atomic E-state index is 0.0498. The second-order valence-corrected chi connectivity index (χ2v) is 5.57. The lowest BCUT2D eigenvalue weighted by molar-refractivity contribution is -0.138. The van der Waals surface area contributed by atoms with Crippen molar-refractivity contribution >= 4 is 21.9 Å². The molecular formula is C16H15BrFNO3. The van der Waals surface area contributed by atoms with Crippen molar-refractivity contribution in [2.45, 2.75) is 12.5 Å². The number of ether oxygens (including phenoxy) is 1. The largest absolute Gasteiger partial charge is 0.485 e. The summed E-state index contributed by atoms with van der Waals surface area (Å²) in [6, 6.07) is 12.0. The van der Waals surface area contributed by atoms with Crippen LogP contribution in [0.3, 0.4) is 0 Å². The third-order valence-electron chi connectivity index (χ3n) is 3.18. The Morgan fingerprint density at radius 2 is 2.00 bits per heavy atom. The van der Waals surface area contributed by atoms with Crippen molar-refractivity contribution in [1.29, 1.82) is 0 Å². The van der Waals surface area contributed by atoms with Crippen molar-refractivity contribution in [3.63, 3.8) is 0 Å². The van der Waals surface area contributed by atoms with Gasteiger partial charge in [-0.2, -0.15) is 0 Å². The van der Waals surface area contributed by atoms with Crippen molar-refractivity contribution < 1.29 is 19.0 Å². The number of hydrogen-bond acceptors (Lipinski definition) is 3. The first-order valence-electron chi connectivity index (χ1n) is 6.61. The molecule has 0 radical (unpaired) electrons. The number of rotatable bonds is 6. The quantitative estimate of drug-likeness (QED) is 0.821. The van der Waals surface area contributed by atoms with E-state index in [2.05, 4.69) is 15.9 Å². The molecule has 0 heterocycles. The van der Waals surface area contributed by atoms with Crippen LogP contribution in [0, 0.1) is 5.82 Å². The van der Waals surface area contributed by atoms with Gasteiger partial charge in [-0.05, 0) is 39.2 Å². The highest BCUT2D eigenvalue weighted by Crippen LogP contribution is 2.32. The first-order valence-corrected chi connectivity index (χ1v) is 7.40. The SMILES string of the molecule is NCC(C(=O)O)c1cc(F)c(OCc2ccccc2)c(Br)c1. The molecule has 116 valence electrons. The standard InChI is InChI=1S/C16H15BrFNO3/c17-13-6-11(12(8-19)16(20)21)7-14(18)15(13)22-9-10-4-2-1-3-5-10/h1-7,12H,8-9,19H2,(H,20,21). The minimum atomic E-state index is -1.09. The van der Waals surface area contributed by atoms with Gasteiger partial charge in [-0.25, -0.2) is 4.39 Å². The van der Waals surface area contributed by atoms with Crippen molar-refractivity contribution in [2.24, 2.45) is 5.73 Å². The molecule has 0 aromatic heterocycles. The molecule has 1 atom stereocenters. The number of carboxylic acids is 1. The average Bonchev–Trinajstić information content (AvgIpc) is 2.48. The van der Waals surface area contributed by atoms with E-state index >= 15 is 0 Å². The fraction of sp³-hybridized carbons (Fsp3) is 0.188. The predicted octanol–water partition coefficient (Wildman–Crippen LogP) is 3.29. The number of hydrogen-bond donors (Lipinski definition) is 2. The molecule has 0 aliphatic rings. The van der Waals surface area contributed by atoms with E-state index < -0.39 is 17.7 Å². The summed E-state index contributed by atoms with van der Waals surface area (Å²) in [4.78, 5) is 11.1. The molecule has 4 nitrogen and oxygen atoms in total. The van der Waals surface area contributed by atoms with Gasteiger partial charge >= 0.3 is 5.97 Å². The van der Waals surface area contributed by atoms with Crippen LogP contribution in [0.15, 0.2) is 46.9 Å². The molecule has 3 N–H and O–H groups in total. The molecule has 0 saturated carbocycles. The van der Waals surface area contributed by atoms with Gasteiger partial charge in [0.05, 0.1) is 10.4 Å². The van der Waals surface area contributed by atoms with E-state index in [-0.39, 0.29) is 18.9 Å². The smallest absolute Gasteiger partial charge is 0.312 e. The van der Waals surface area contributed by atoms with Crippen LogP contribution in [-0.2, 0) is 11.4 Å². The van der Waals surface area contributed by atoms with Gasteiger partial charge in [-0.15, -0.1) is 0 Å². The van der Waals surface area contributed by atoms with Gasteiger partial charge in [0.2, 0.25) is 0 Å². The number of nitrogens with two attached hydrogens (primary N) is 1. The lowest BCUT2D eigenvalue weighted by Crippen LogP contribution is -2.21. The van der Waals surface area contributed by atoms with Crippen molar-refractivity contribution in [2.75, 3.05) is 6.54 Å². The van der Waals surface area contributed by atoms with Crippen molar-refractivity contribution in [3.05, 3.63) is 63.9 Å². The van der Waals surface area contributed by atoms with Crippen LogP contribution in [-0.4, -0.2) is 17.6 Å². The molecule has 2 rings (SSSR count). The molecule has 2 aromatic rings. The Balaban J connectivity index is 2.21. The Kier molecular flexibility index (Phi) is 5.51. The van der Waals surface area contributed by atoms with Crippen LogP contribution in [0.5, 0.6) is 5.75 Å². The molecular weight excluding hydrogens is 353 g/mol. The lowest BCUT2D eigenvalue weighted by atomic mass is 9.99. The molecule has 0 aliphatic heterocycles. The number of halogens is 2. The maximum Gasteiger partial charge on any atom is 0.312 e. The highest BCUT2D eigenvalue weighted by atomic mass is 79.9. The lowest BCUT2D eigenvalue weighted by Gasteiger charge is -2.14. The molecule has 1 unspecified atom stereocenters. The molecule has 0 saturated heterocycles. The second-order valence-electron chi connectivity index (χ2n) is 4.71. The zero-order chi connectivity index (χ0) is 16.1. The van der Waals surface area contributed by atoms with E-state index in [0.29, 0.717) is 10.0 Å². The summed E-state index contributed by atoms with van der Waals surface area (Å²) in [7, 11) is 0. The van der Waals surface area contributed by atoms with Gasteiger partial charge in [-0.1, -0.05) is 30.3 Å². The Morgan fingerprint density at radius 3 is 2.55 bits per heavy atom. The fourth-order valence-electron chi connectivity index (χ4n) is 2.03. The van der Waals surface area contributed by atoms with Crippen molar-refractivity contribution in [3.8, 4) is 5.75 Å². The molecule has 0 fully saturated rings. The molecule has 6 heteroatoms. The van der Waals surface area contributed by atoms with Crippen LogP contribution < -0.4 is 10.5 Å². The summed E-state index contributed by atoms with van der Waals surface area (Å²) in [5.41, 5.74) is 6.63. The van der Waals surface area contributed by atoms with Crippen LogP contribution in [0.4, 0.5) is 4.39 Å². The number of benzene rings is 2. The fourth-order valence-corrected chi connectivity index (χ4v) is 2.60. The second kappa shape index (κ2) is 7.38. The van der Waals surface area contributed by atoms with Crippen molar-refractivity contribution in [1.82, 2.24) is 0 Å².